The van der Waals surface area contributed by atoms with E-state index in [1.807, 2.05) is 24.3 Å². The average molecular weight is 679 g/mol. The Morgan fingerprint density at radius 3 is 1.10 bits per heavy atom. The molecular weight excluding hydrogens is 624 g/mol. The van der Waals surface area contributed by atoms with Crippen LogP contribution in [0, 0.1) is 0 Å². The van der Waals surface area contributed by atoms with Crippen LogP contribution in [0.1, 0.15) is 162 Å². The zero-order valence-electron chi connectivity index (χ0n) is 31.6. The number of rotatable bonds is 2. The lowest BCUT2D eigenvalue weighted by atomic mass is 9.73. The molecule has 0 radical (unpaired) electrons. The van der Waals surface area contributed by atoms with Crippen molar-refractivity contribution in [3.05, 3.63) is 104 Å². The molecule has 2 aliphatic carbocycles. The van der Waals surface area contributed by atoms with Gasteiger partial charge in [-0.1, -0.05) is 107 Å². The molecule has 266 valence electrons. The van der Waals surface area contributed by atoms with Gasteiger partial charge in [0, 0.05) is 46.9 Å². The highest BCUT2D eigenvalue weighted by Crippen LogP contribution is 2.70. The first-order valence-corrected chi connectivity index (χ1v) is 17.7. The lowest BCUT2D eigenvalue weighted by Gasteiger charge is -2.31. The molecule has 6 N–H and O–H groups in total. The minimum atomic E-state index is -0.459. The van der Waals surface area contributed by atoms with Crippen molar-refractivity contribution in [3.8, 4) is 34.5 Å². The van der Waals surface area contributed by atoms with Crippen molar-refractivity contribution in [1.29, 1.82) is 0 Å². The van der Waals surface area contributed by atoms with Gasteiger partial charge in [0.2, 0.25) is 0 Å². The maximum absolute atomic E-state index is 11.8. The summed E-state index contributed by atoms with van der Waals surface area (Å²) in [7, 11) is 0. The van der Waals surface area contributed by atoms with Gasteiger partial charge in [0.15, 0.2) is 0 Å². The molecular formula is C44H54O6. The van der Waals surface area contributed by atoms with Crippen LogP contribution in [-0.4, -0.2) is 30.6 Å². The Hall–Kier alpha value is -4.32. The molecule has 2 aliphatic rings. The first-order chi connectivity index (χ1) is 22.8. The fourth-order valence-corrected chi connectivity index (χ4v) is 8.75. The van der Waals surface area contributed by atoms with E-state index in [-0.39, 0.29) is 40.4 Å². The van der Waals surface area contributed by atoms with E-state index in [1.165, 1.54) is 12.1 Å². The average Bonchev–Trinajstić information content (AvgIpc) is 3.43. The van der Waals surface area contributed by atoms with Gasteiger partial charge in [-0.05, 0) is 78.3 Å². The fraction of sp³-hybridized carbons (Fsp3) is 0.455. The molecule has 0 saturated heterocycles. The summed E-state index contributed by atoms with van der Waals surface area (Å²) in [5.41, 5.74) is 6.28. The SMILES string of the molecule is CC(C)(C)c1cc([C@@H]2c3cc(O)cc(O)c3[C@H]3[C@H](c4cc(C(C)(C)C)c(O)c(C(C)(C)C)c4)c4c(O)cc(O)cc4[C@@H]23)cc(C(C)(C)C)c1O. The Morgan fingerprint density at radius 2 is 0.720 bits per heavy atom. The smallest absolute Gasteiger partial charge is 0.123 e. The molecule has 0 amide bonds. The fourth-order valence-electron chi connectivity index (χ4n) is 8.75. The maximum atomic E-state index is 11.8. The van der Waals surface area contributed by atoms with E-state index in [0.717, 1.165) is 44.5 Å². The summed E-state index contributed by atoms with van der Waals surface area (Å²) in [6.45, 7) is 24.8. The zero-order valence-corrected chi connectivity index (χ0v) is 31.6. The summed E-state index contributed by atoms with van der Waals surface area (Å²) in [4.78, 5) is 0. The maximum Gasteiger partial charge on any atom is 0.123 e. The summed E-state index contributed by atoms with van der Waals surface area (Å²) in [5.74, 6) is -1.27. The van der Waals surface area contributed by atoms with E-state index in [2.05, 4.69) is 83.1 Å². The van der Waals surface area contributed by atoms with Gasteiger partial charge in [-0.15, -0.1) is 0 Å². The Bertz CT molecular complexity index is 1960. The van der Waals surface area contributed by atoms with Crippen LogP contribution in [0.4, 0.5) is 0 Å². The number of fused-ring (bicyclic) bond motifs is 5. The van der Waals surface area contributed by atoms with Crippen molar-refractivity contribution in [1.82, 2.24) is 0 Å². The summed E-state index contributed by atoms with van der Waals surface area (Å²) < 4.78 is 0. The van der Waals surface area contributed by atoms with Crippen LogP contribution in [0.15, 0.2) is 48.5 Å². The topological polar surface area (TPSA) is 121 Å². The van der Waals surface area contributed by atoms with Crippen LogP contribution < -0.4 is 0 Å². The van der Waals surface area contributed by atoms with Gasteiger partial charge in [0.25, 0.3) is 0 Å². The molecule has 0 saturated carbocycles. The quantitative estimate of drug-likeness (QED) is 0.126. The number of hydrogen-bond donors (Lipinski definition) is 6. The van der Waals surface area contributed by atoms with Crippen molar-refractivity contribution >= 4 is 0 Å². The third-order valence-electron chi connectivity index (χ3n) is 11.0. The van der Waals surface area contributed by atoms with Crippen molar-refractivity contribution in [2.24, 2.45) is 0 Å². The van der Waals surface area contributed by atoms with Crippen molar-refractivity contribution in [2.75, 3.05) is 0 Å². The summed E-state index contributed by atoms with van der Waals surface area (Å²) in [5, 5.41) is 68.7. The predicted octanol–water partition coefficient (Wildman–Crippen LogP) is 10.3. The second kappa shape index (κ2) is 11.1. The van der Waals surface area contributed by atoms with E-state index in [1.54, 1.807) is 12.1 Å². The number of phenols is 6. The minimum absolute atomic E-state index is 0.0304. The van der Waals surface area contributed by atoms with Crippen molar-refractivity contribution in [2.45, 2.75) is 128 Å². The molecule has 4 aromatic carbocycles. The molecule has 6 heteroatoms. The molecule has 0 fully saturated rings. The second-order valence-electron chi connectivity index (χ2n) is 18.9. The molecule has 6 nitrogen and oxygen atoms in total. The summed E-state index contributed by atoms with van der Waals surface area (Å²) >= 11 is 0. The highest BCUT2D eigenvalue weighted by Gasteiger charge is 2.55. The normalized spacial score (nSPS) is 20.5. The van der Waals surface area contributed by atoms with Crippen molar-refractivity contribution < 1.29 is 30.6 Å². The van der Waals surface area contributed by atoms with E-state index >= 15 is 0 Å². The third kappa shape index (κ3) is 5.56. The van der Waals surface area contributed by atoms with Gasteiger partial charge in [-0.2, -0.15) is 0 Å². The molecule has 0 aromatic heterocycles. The first kappa shape index (κ1) is 35.5. The van der Waals surface area contributed by atoms with Gasteiger partial charge in [0.05, 0.1) is 0 Å². The van der Waals surface area contributed by atoms with Gasteiger partial charge in [-0.25, -0.2) is 0 Å². The Morgan fingerprint density at radius 1 is 0.380 bits per heavy atom. The molecule has 0 aliphatic heterocycles. The Labute approximate surface area is 297 Å². The van der Waals surface area contributed by atoms with Gasteiger partial charge in [0.1, 0.15) is 34.5 Å². The van der Waals surface area contributed by atoms with Crippen LogP contribution in [0.3, 0.4) is 0 Å². The van der Waals surface area contributed by atoms with Crippen molar-refractivity contribution in [3.63, 3.8) is 0 Å². The van der Waals surface area contributed by atoms with Crippen LogP contribution >= 0.6 is 0 Å². The van der Waals surface area contributed by atoms with Crippen LogP contribution in [0.5, 0.6) is 34.5 Å². The number of phenolic OH excluding ortho intramolecular Hbond substituents is 6. The second-order valence-corrected chi connectivity index (χ2v) is 18.9. The molecule has 0 spiro atoms. The molecule has 4 aromatic rings. The molecule has 0 bridgehead atoms. The molecule has 4 atom stereocenters. The monoisotopic (exact) mass is 678 g/mol. The molecule has 0 heterocycles. The van der Waals surface area contributed by atoms with E-state index in [4.69, 9.17) is 0 Å². The van der Waals surface area contributed by atoms with Gasteiger partial charge in [-0.3, -0.25) is 0 Å². The number of benzene rings is 4. The summed E-state index contributed by atoms with van der Waals surface area (Å²) in [6, 6.07) is 14.4. The van der Waals surface area contributed by atoms with E-state index in [9.17, 15) is 30.6 Å². The van der Waals surface area contributed by atoms with Crippen LogP contribution in [0.2, 0.25) is 0 Å². The zero-order chi connectivity index (χ0) is 37.2. The van der Waals surface area contributed by atoms with E-state index in [0.29, 0.717) is 11.1 Å². The lowest BCUT2D eigenvalue weighted by molar-refractivity contribution is 0.419. The standard InChI is InChI=1S/C44H54O6/c1-41(2,3)27-13-21(14-28(39(27)49)42(4,5)6)33-25-17-23(45)20-32(48)36(25)38-34(35-26(37(33)38)18-24(46)19-31(35)47)22-15-29(43(7,8)9)40(50)30(16-22)44(10,11)12/h13-20,33-34,37-38,45-50H,1-12H3/t33-,34-,37+,38-/m1/s1. The lowest BCUT2D eigenvalue weighted by Crippen LogP contribution is -2.20. The Kier molecular flexibility index (Phi) is 7.87. The number of hydrogen-bond acceptors (Lipinski definition) is 6. The number of aromatic hydroxyl groups is 6. The summed E-state index contributed by atoms with van der Waals surface area (Å²) in [6.07, 6.45) is 0. The van der Waals surface area contributed by atoms with Crippen LogP contribution in [-0.2, 0) is 21.7 Å². The highest BCUT2D eigenvalue weighted by atomic mass is 16.3. The van der Waals surface area contributed by atoms with Crippen LogP contribution in [0.25, 0.3) is 0 Å². The Balaban J connectivity index is 1.74. The van der Waals surface area contributed by atoms with E-state index < -0.39 is 39.4 Å². The molecule has 50 heavy (non-hydrogen) atoms. The predicted molar refractivity (Wildman–Crippen MR) is 200 cm³/mol. The third-order valence-corrected chi connectivity index (χ3v) is 11.0. The van der Waals surface area contributed by atoms with Gasteiger partial charge < -0.3 is 30.6 Å². The molecule has 0 unspecified atom stereocenters. The molecule has 6 rings (SSSR count). The first-order valence-electron chi connectivity index (χ1n) is 17.7. The largest absolute Gasteiger partial charge is 0.508 e. The minimum Gasteiger partial charge on any atom is -0.508 e. The highest BCUT2D eigenvalue weighted by molar-refractivity contribution is 5.70. The van der Waals surface area contributed by atoms with Gasteiger partial charge >= 0.3 is 0 Å².